The summed E-state index contributed by atoms with van der Waals surface area (Å²) in [7, 11) is 0. The van der Waals surface area contributed by atoms with E-state index in [0.717, 1.165) is 24.9 Å². The number of nitrogens with zero attached hydrogens (tertiary/aromatic N) is 1. The lowest BCUT2D eigenvalue weighted by atomic mass is 9.86. The number of para-hydroxylation sites is 1. The van der Waals surface area contributed by atoms with Crippen LogP contribution in [0.25, 0.3) is 5.57 Å². The van der Waals surface area contributed by atoms with Crippen molar-refractivity contribution >= 4 is 17.2 Å². The molecule has 0 bridgehead atoms. The van der Waals surface area contributed by atoms with Crippen LogP contribution in [0.15, 0.2) is 30.3 Å². The van der Waals surface area contributed by atoms with Crippen molar-refractivity contribution in [3.63, 3.8) is 0 Å². The monoisotopic (exact) mass is 301 g/mol. The van der Waals surface area contributed by atoms with Gasteiger partial charge in [-0.25, -0.2) is 5.84 Å². The zero-order valence-corrected chi connectivity index (χ0v) is 14.0. The van der Waals surface area contributed by atoms with Gasteiger partial charge in [0.25, 0.3) is 5.91 Å². The second-order valence-electron chi connectivity index (χ2n) is 6.53. The fourth-order valence-electron chi connectivity index (χ4n) is 3.45. The van der Waals surface area contributed by atoms with Crippen LogP contribution in [0.5, 0.6) is 0 Å². The van der Waals surface area contributed by atoms with Crippen LogP contribution in [-0.4, -0.2) is 17.5 Å². The van der Waals surface area contributed by atoms with Crippen LogP contribution in [0, 0.1) is 0 Å². The minimum atomic E-state index is -0.259. The van der Waals surface area contributed by atoms with E-state index in [1.54, 1.807) is 0 Å². The highest BCUT2D eigenvalue weighted by molar-refractivity contribution is 5.89. The van der Waals surface area contributed by atoms with Gasteiger partial charge in [0.05, 0.1) is 5.54 Å². The Kier molecular flexibility index (Phi) is 4.91. The van der Waals surface area contributed by atoms with Crippen molar-refractivity contribution in [3.05, 3.63) is 35.9 Å². The summed E-state index contributed by atoms with van der Waals surface area (Å²) in [6.45, 7) is 8.56. The highest BCUT2D eigenvalue weighted by Gasteiger charge is 2.38. The first-order valence-corrected chi connectivity index (χ1v) is 8.01. The van der Waals surface area contributed by atoms with Crippen molar-refractivity contribution < 1.29 is 4.79 Å². The van der Waals surface area contributed by atoms with Gasteiger partial charge in [-0.05, 0) is 38.8 Å². The first-order valence-electron chi connectivity index (χ1n) is 8.01. The molecule has 0 fully saturated rings. The molecule has 1 unspecified atom stereocenters. The van der Waals surface area contributed by atoms with Gasteiger partial charge in [0.1, 0.15) is 6.04 Å². The summed E-state index contributed by atoms with van der Waals surface area (Å²) >= 11 is 0. The number of carbonyl (C=O) groups is 1. The van der Waals surface area contributed by atoms with Crippen LogP contribution in [0.4, 0.5) is 5.69 Å². The van der Waals surface area contributed by atoms with Crippen LogP contribution in [-0.2, 0) is 4.79 Å². The first kappa shape index (κ1) is 16.6. The number of unbranched alkanes of at least 4 members (excludes halogenated alkanes) is 1. The van der Waals surface area contributed by atoms with Crippen molar-refractivity contribution in [2.45, 2.75) is 58.5 Å². The second-order valence-corrected chi connectivity index (χ2v) is 6.53. The SMILES string of the molecule is CCCCC(C(=O)NN)N1c2ccccc2C(C)=CC1(C)C. The van der Waals surface area contributed by atoms with Gasteiger partial charge in [0.15, 0.2) is 0 Å². The molecule has 1 aliphatic heterocycles. The van der Waals surface area contributed by atoms with E-state index >= 15 is 0 Å². The lowest BCUT2D eigenvalue weighted by Crippen LogP contribution is -2.57. The third-order valence-electron chi connectivity index (χ3n) is 4.37. The maximum atomic E-state index is 12.4. The van der Waals surface area contributed by atoms with E-state index in [9.17, 15) is 4.79 Å². The average Bonchev–Trinajstić information content (AvgIpc) is 2.49. The minimum absolute atomic E-state index is 0.121. The fourth-order valence-corrected chi connectivity index (χ4v) is 3.45. The lowest BCUT2D eigenvalue weighted by molar-refractivity contribution is -0.122. The molecule has 1 amide bonds. The Morgan fingerprint density at radius 3 is 2.68 bits per heavy atom. The highest BCUT2D eigenvalue weighted by atomic mass is 16.2. The Bertz CT molecular complexity index is 577. The topological polar surface area (TPSA) is 58.4 Å². The molecular formula is C18H27N3O. The molecule has 4 heteroatoms. The van der Waals surface area contributed by atoms with Gasteiger partial charge in [-0.2, -0.15) is 0 Å². The maximum Gasteiger partial charge on any atom is 0.256 e. The Labute approximate surface area is 133 Å². The van der Waals surface area contributed by atoms with Gasteiger partial charge in [0, 0.05) is 11.3 Å². The first-order chi connectivity index (χ1) is 10.4. The third-order valence-corrected chi connectivity index (χ3v) is 4.37. The van der Waals surface area contributed by atoms with Gasteiger partial charge in [-0.15, -0.1) is 0 Å². The number of carbonyl (C=O) groups excluding carboxylic acids is 1. The van der Waals surface area contributed by atoms with E-state index in [-0.39, 0.29) is 17.5 Å². The number of hydrazine groups is 1. The Balaban J connectivity index is 2.51. The number of nitrogens with two attached hydrogens (primary N) is 1. The van der Waals surface area contributed by atoms with Crippen LogP contribution in [0.2, 0.25) is 0 Å². The molecule has 3 N–H and O–H groups in total. The average molecular weight is 301 g/mol. The quantitative estimate of drug-likeness (QED) is 0.499. The van der Waals surface area contributed by atoms with Gasteiger partial charge in [0.2, 0.25) is 0 Å². The van der Waals surface area contributed by atoms with Crippen LogP contribution < -0.4 is 16.2 Å². The summed E-state index contributed by atoms with van der Waals surface area (Å²) in [4.78, 5) is 14.6. The van der Waals surface area contributed by atoms with Gasteiger partial charge in [-0.3, -0.25) is 10.2 Å². The van der Waals surface area contributed by atoms with E-state index < -0.39 is 0 Å². The smallest absolute Gasteiger partial charge is 0.256 e. The molecule has 1 aromatic rings. The van der Waals surface area contributed by atoms with Crippen LogP contribution >= 0.6 is 0 Å². The summed E-state index contributed by atoms with van der Waals surface area (Å²) in [5, 5.41) is 0. The Morgan fingerprint density at radius 2 is 2.05 bits per heavy atom. The van der Waals surface area contributed by atoms with Gasteiger partial charge < -0.3 is 4.90 Å². The highest BCUT2D eigenvalue weighted by Crippen LogP contribution is 2.40. The number of fused-ring (bicyclic) bond motifs is 1. The molecule has 1 aromatic carbocycles. The van der Waals surface area contributed by atoms with E-state index in [2.05, 4.69) is 56.2 Å². The van der Waals surface area contributed by atoms with Crippen molar-refractivity contribution in [2.24, 2.45) is 5.84 Å². The van der Waals surface area contributed by atoms with Gasteiger partial charge >= 0.3 is 0 Å². The molecule has 22 heavy (non-hydrogen) atoms. The van der Waals surface area contributed by atoms with E-state index in [1.807, 2.05) is 12.1 Å². The third kappa shape index (κ3) is 3.02. The molecule has 1 atom stereocenters. The molecule has 2 rings (SSSR count). The molecule has 0 radical (unpaired) electrons. The molecule has 0 aromatic heterocycles. The van der Waals surface area contributed by atoms with Crippen LogP contribution in [0.1, 0.15) is 52.5 Å². The number of hydrogen-bond donors (Lipinski definition) is 2. The number of rotatable bonds is 5. The molecule has 1 aliphatic rings. The number of allylic oxidation sites excluding steroid dienone is 1. The zero-order valence-electron chi connectivity index (χ0n) is 14.0. The Hall–Kier alpha value is -1.81. The normalized spacial score (nSPS) is 17.5. The number of amides is 1. The second kappa shape index (κ2) is 6.53. The van der Waals surface area contributed by atoms with Crippen molar-refractivity contribution in [1.82, 2.24) is 5.43 Å². The lowest BCUT2D eigenvalue weighted by Gasteiger charge is -2.47. The van der Waals surface area contributed by atoms with Crippen molar-refractivity contribution in [2.75, 3.05) is 4.90 Å². The van der Waals surface area contributed by atoms with E-state index in [1.165, 1.54) is 11.1 Å². The molecule has 0 saturated heterocycles. The van der Waals surface area contributed by atoms with E-state index in [4.69, 9.17) is 5.84 Å². The van der Waals surface area contributed by atoms with Crippen molar-refractivity contribution in [1.29, 1.82) is 0 Å². The molecular weight excluding hydrogens is 274 g/mol. The van der Waals surface area contributed by atoms with E-state index in [0.29, 0.717) is 0 Å². The van der Waals surface area contributed by atoms with Crippen molar-refractivity contribution in [3.8, 4) is 0 Å². The van der Waals surface area contributed by atoms with Crippen LogP contribution in [0.3, 0.4) is 0 Å². The zero-order chi connectivity index (χ0) is 16.3. The summed E-state index contributed by atoms with van der Waals surface area (Å²) in [5.41, 5.74) is 5.66. The molecule has 4 nitrogen and oxygen atoms in total. The summed E-state index contributed by atoms with van der Waals surface area (Å²) < 4.78 is 0. The summed E-state index contributed by atoms with van der Waals surface area (Å²) in [6.07, 6.45) is 5.08. The Morgan fingerprint density at radius 1 is 1.36 bits per heavy atom. The molecule has 1 heterocycles. The minimum Gasteiger partial charge on any atom is -0.350 e. The standard InChI is InChI=1S/C18H27N3O/c1-5-6-10-16(17(22)20-19)21-15-11-8-7-9-14(15)13(2)12-18(21,3)4/h7-9,11-12,16H,5-6,10,19H2,1-4H3,(H,20,22). The maximum absolute atomic E-state index is 12.4. The number of benzene rings is 1. The number of nitrogens with one attached hydrogen (secondary N) is 1. The molecule has 0 saturated carbocycles. The summed E-state index contributed by atoms with van der Waals surface area (Å²) in [6, 6.07) is 8.01. The molecule has 0 spiro atoms. The predicted molar refractivity (Wildman–Crippen MR) is 92.3 cm³/mol. The predicted octanol–water partition coefficient (Wildman–Crippen LogP) is 3.24. The number of hydrogen-bond acceptors (Lipinski definition) is 3. The molecule has 120 valence electrons. The summed E-state index contributed by atoms with van der Waals surface area (Å²) in [5.74, 6) is 5.32. The van der Waals surface area contributed by atoms with Gasteiger partial charge in [-0.1, -0.05) is 44.0 Å². The largest absolute Gasteiger partial charge is 0.350 e. The molecule has 0 aliphatic carbocycles. The fraction of sp³-hybridized carbons (Fsp3) is 0.500. The number of anilines is 1.